The Morgan fingerprint density at radius 2 is 1.80 bits per heavy atom. The van der Waals surface area contributed by atoms with Crippen LogP contribution >= 0.6 is 0 Å². The van der Waals surface area contributed by atoms with E-state index in [-0.39, 0.29) is 12.1 Å². The number of benzene rings is 2. The van der Waals surface area contributed by atoms with Crippen LogP contribution in [-0.4, -0.2) is 5.97 Å². The molecule has 2 heteroatoms. The molecular formula is C23H28O2. The average molecular weight is 336 g/mol. The molecule has 132 valence electrons. The van der Waals surface area contributed by atoms with Gasteiger partial charge in [0.15, 0.2) is 0 Å². The summed E-state index contributed by atoms with van der Waals surface area (Å²) >= 11 is 0. The number of rotatable bonds is 8. The van der Waals surface area contributed by atoms with Crippen LogP contribution in [-0.2, 0) is 9.53 Å². The van der Waals surface area contributed by atoms with Crippen LogP contribution in [0.5, 0.6) is 0 Å². The summed E-state index contributed by atoms with van der Waals surface area (Å²) in [5.41, 5.74) is 3.76. The van der Waals surface area contributed by atoms with E-state index in [9.17, 15) is 4.79 Å². The highest BCUT2D eigenvalue weighted by atomic mass is 16.5. The van der Waals surface area contributed by atoms with E-state index < -0.39 is 0 Å². The fourth-order valence-electron chi connectivity index (χ4n) is 3.70. The van der Waals surface area contributed by atoms with E-state index in [2.05, 4.69) is 49.4 Å². The first-order valence-corrected chi connectivity index (χ1v) is 9.66. The zero-order valence-electron chi connectivity index (χ0n) is 15.4. The number of hydrogen-bond acceptors (Lipinski definition) is 2. The van der Waals surface area contributed by atoms with Gasteiger partial charge in [-0.2, -0.15) is 0 Å². The third-order valence-corrected chi connectivity index (χ3v) is 4.95. The monoisotopic (exact) mass is 336 g/mol. The first-order valence-electron chi connectivity index (χ1n) is 9.66. The number of unbranched alkanes of at least 4 members (excludes halogenated alkanes) is 3. The van der Waals surface area contributed by atoms with Crippen LogP contribution in [0.1, 0.15) is 76.0 Å². The van der Waals surface area contributed by atoms with E-state index in [1.165, 1.54) is 47.6 Å². The highest BCUT2D eigenvalue weighted by Crippen LogP contribution is 2.41. The van der Waals surface area contributed by atoms with Crippen molar-refractivity contribution in [3.63, 3.8) is 0 Å². The Morgan fingerprint density at radius 3 is 2.56 bits per heavy atom. The number of hydrogen-bond donors (Lipinski definition) is 0. The fourth-order valence-corrected chi connectivity index (χ4v) is 3.70. The molecule has 0 amide bonds. The number of esters is 1. The zero-order chi connectivity index (χ0) is 17.6. The van der Waals surface area contributed by atoms with Gasteiger partial charge in [-0.25, -0.2) is 0 Å². The Labute approximate surface area is 150 Å². The maximum atomic E-state index is 12.1. The molecule has 0 saturated carbocycles. The van der Waals surface area contributed by atoms with Crippen LogP contribution < -0.4 is 0 Å². The lowest BCUT2D eigenvalue weighted by Gasteiger charge is -2.25. The van der Waals surface area contributed by atoms with Gasteiger partial charge in [0.05, 0.1) is 0 Å². The van der Waals surface area contributed by atoms with Crippen molar-refractivity contribution >= 4 is 22.3 Å². The van der Waals surface area contributed by atoms with Gasteiger partial charge in [-0.15, -0.1) is 0 Å². The maximum Gasteiger partial charge on any atom is 0.306 e. The molecule has 0 saturated heterocycles. The van der Waals surface area contributed by atoms with E-state index >= 15 is 0 Å². The van der Waals surface area contributed by atoms with E-state index in [1.807, 2.05) is 6.92 Å². The molecule has 0 radical (unpaired) electrons. The van der Waals surface area contributed by atoms with Crippen molar-refractivity contribution < 1.29 is 9.53 Å². The minimum absolute atomic E-state index is 0.106. The van der Waals surface area contributed by atoms with Crippen molar-refractivity contribution in [2.45, 2.75) is 64.9 Å². The van der Waals surface area contributed by atoms with Gasteiger partial charge in [0, 0.05) is 12.0 Å². The lowest BCUT2D eigenvalue weighted by atomic mass is 9.84. The molecule has 1 unspecified atom stereocenters. The third-order valence-electron chi connectivity index (χ3n) is 4.95. The molecule has 0 aromatic heterocycles. The molecule has 0 N–H and O–H groups in total. The Balaban J connectivity index is 1.94. The number of allylic oxidation sites excluding steroid dienone is 1. The van der Waals surface area contributed by atoms with Crippen molar-refractivity contribution in [3.05, 3.63) is 53.6 Å². The molecule has 0 aliphatic heterocycles. The van der Waals surface area contributed by atoms with Gasteiger partial charge in [0.2, 0.25) is 0 Å². The van der Waals surface area contributed by atoms with E-state index in [0.29, 0.717) is 6.42 Å². The summed E-state index contributed by atoms with van der Waals surface area (Å²) in [5, 5.41) is 2.48. The van der Waals surface area contributed by atoms with Crippen LogP contribution in [0, 0.1) is 0 Å². The number of carbonyl (C=O) groups is 1. The van der Waals surface area contributed by atoms with Gasteiger partial charge in [0.25, 0.3) is 0 Å². The predicted octanol–water partition coefficient (Wildman–Crippen LogP) is 6.59. The third kappa shape index (κ3) is 3.95. The molecule has 1 aliphatic rings. The highest BCUT2D eigenvalue weighted by molar-refractivity contribution is 5.98. The van der Waals surface area contributed by atoms with Crippen molar-refractivity contribution in [2.75, 3.05) is 0 Å². The molecule has 25 heavy (non-hydrogen) atoms. The van der Waals surface area contributed by atoms with Crippen LogP contribution in [0.3, 0.4) is 0 Å². The van der Waals surface area contributed by atoms with Crippen molar-refractivity contribution in [1.29, 1.82) is 0 Å². The standard InChI is InChI=1S/C23H28O2/c1-3-5-6-7-11-18-16-21(25-22(24)10-4-2)20-15-9-13-17-12-8-14-19(18)23(17)20/h8-9,12-16,21H,3-7,10-11H2,1-2H3. The summed E-state index contributed by atoms with van der Waals surface area (Å²) in [5.74, 6) is -0.106. The van der Waals surface area contributed by atoms with Crippen LogP contribution in [0.2, 0.25) is 0 Å². The normalized spacial score (nSPS) is 15.9. The first-order chi connectivity index (χ1) is 12.2. The second kappa shape index (κ2) is 8.33. The lowest BCUT2D eigenvalue weighted by Crippen LogP contribution is -2.13. The number of carbonyl (C=O) groups excluding carboxylic acids is 1. The van der Waals surface area contributed by atoms with E-state index in [0.717, 1.165) is 18.4 Å². The SMILES string of the molecule is CCCCCCC1=CC(OC(=O)CCC)c2cccc3cccc1c23. The van der Waals surface area contributed by atoms with E-state index in [1.54, 1.807) is 0 Å². The molecule has 0 bridgehead atoms. The van der Waals surface area contributed by atoms with E-state index in [4.69, 9.17) is 4.74 Å². The largest absolute Gasteiger partial charge is 0.453 e. The molecule has 0 fully saturated rings. The molecule has 3 rings (SSSR count). The molecule has 2 aromatic carbocycles. The second-order valence-electron chi connectivity index (χ2n) is 6.91. The topological polar surface area (TPSA) is 26.3 Å². The Bertz CT molecular complexity index is 768. The van der Waals surface area contributed by atoms with Gasteiger partial charge in [-0.3, -0.25) is 4.79 Å². The summed E-state index contributed by atoms with van der Waals surface area (Å²) in [6.07, 6.45) is 9.25. The van der Waals surface area contributed by atoms with Gasteiger partial charge < -0.3 is 4.74 Å². The van der Waals surface area contributed by atoms with Gasteiger partial charge >= 0.3 is 5.97 Å². The molecule has 0 heterocycles. The molecule has 1 aliphatic carbocycles. The number of ether oxygens (including phenoxy) is 1. The highest BCUT2D eigenvalue weighted by Gasteiger charge is 2.24. The molecule has 2 aromatic rings. The van der Waals surface area contributed by atoms with Crippen molar-refractivity contribution in [1.82, 2.24) is 0 Å². The quantitative estimate of drug-likeness (QED) is 0.401. The Morgan fingerprint density at radius 1 is 1.00 bits per heavy atom. The summed E-state index contributed by atoms with van der Waals surface area (Å²) in [7, 11) is 0. The van der Waals surface area contributed by atoms with Gasteiger partial charge in [0.1, 0.15) is 6.10 Å². The minimum Gasteiger partial charge on any atom is -0.453 e. The molecular weight excluding hydrogens is 308 g/mol. The van der Waals surface area contributed by atoms with Gasteiger partial charge in [-0.05, 0) is 47.2 Å². The summed E-state index contributed by atoms with van der Waals surface area (Å²) in [6.45, 7) is 4.24. The fraction of sp³-hybridized carbons (Fsp3) is 0.435. The lowest BCUT2D eigenvalue weighted by molar-refractivity contribution is -0.147. The summed E-state index contributed by atoms with van der Waals surface area (Å²) < 4.78 is 5.82. The zero-order valence-corrected chi connectivity index (χ0v) is 15.4. The maximum absolute atomic E-state index is 12.1. The predicted molar refractivity (Wildman–Crippen MR) is 104 cm³/mol. The van der Waals surface area contributed by atoms with Crippen molar-refractivity contribution in [2.24, 2.45) is 0 Å². The average Bonchev–Trinajstić information content (AvgIpc) is 2.62. The van der Waals surface area contributed by atoms with Crippen LogP contribution in [0.25, 0.3) is 16.3 Å². The first kappa shape index (κ1) is 17.7. The summed E-state index contributed by atoms with van der Waals surface area (Å²) in [4.78, 5) is 12.1. The van der Waals surface area contributed by atoms with Crippen molar-refractivity contribution in [3.8, 4) is 0 Å². The minimum atomic E-state index is -0.251. The molecule has 1 atom stereocenters. The smallest absolute Gasteiger partial charge is 0.306 e. The second-order valence-corrected chi connectivity index (χ2v) is 6.91. The van der Waals surface area contributed by atoms with Crippen LogP contribution in [0.4, 0.5) is 0 Å². The molecule has 2 nitrogen and oxygen atoms in total. The van der Waals surface area contributed by atoms with Crippen LogP contribution in [0.15, 0.2) is 42.5 Å². The Kier molecular flexibility index (Phi) is 5.91. The Hall–Kier alpha value is -2.09. The summed E-state index contributed by atoms with van der Waals surface area (Å²) in [6, 6.07) is 12.8. The molecule has 0 spiro atoms. The van der Waals surface area contributed by atoms with Gasteiger partial charge in [-0.1, -0.05) is 69.5 Å².